The predicted octanol–water partition coefficient (Wildman–Crippen LogP) is 5.67. The van der Waals surface area contributed by atoms with Crippen LogP contribution in [0.25, 0.3) is 44.2 Å². The van der Waals surface area contributed by atoms with Crippen molar-refractivity contribution in [3.05, 3.63) is 23.4 Å². The van der Waals surface area contributed by atoms with Gasteiger partial charge in [0, 0.05) is 51.1 Å². The number of alkyl halides is 4. The van der Waals surface area contributed by atoms with Gasteiger partial charge in [-0.15, -0.1) is 0 Å². The lowest BCUT2D eigenvalue weighted by atomic mass is 9.95. The van der Waals surface area contributed by atoms with Gasteiger partial charge in [-0.1, -0.05) is 0 Å². The molecule has 3 saturated heterocycles. The second-order valence-electron chi connectivity index (χ2n) is 12.9. The number of rotatable bonds is 5. The maximum Gasteiger partial charge on any atom is 0.417 e. The van der Waals surface area contributed by atoms with E-state index in [2.05, 4.69) is 20.0 Å². The number of benzene rings is 1. The van der Waals surface area contributed by atoms with Crippen molar-refractivity contribution in [2.45, 2.75) is 63.3 Å². The highest BCUT2D eigenvalue weighted by Gasteiger charge is 2.49. The Labute approximate surface area is 256 Å². The second-order valence-corrected chi connectivity index (χ2v) is 12.9. The number of H-pyrrole nitrogens is 1. The lowest BCUT2D eigenvalue weighted by molar-refractivity contribution is -0.137. The summed E-state index contributed by atoms with van der Waals surface area (Å²) < 4.78 is 68.3. The number of aromatic nitrogens is 7. The van der Waals surface area contributed by atoms with Crippen LogP contribution in [0, 0.1) is 6.92 Å². The largest absolute Gasteiger partial charge is 0.461 e. The molecule has 0 radical (unpaired) electrons. The summed E-state index contributed by atoms with van der Waals surface area (Å²) in [5.74, 6) is 0.680. The highest BCUT2D eigenvalue weighted by atomic mass is 19.4. The summed E-state index contributed by atoms with van der Waals surface area (Å²) in [6.45, 7) is 4.60. The van der Waals surface area contributed by atoms with Crippen molar-refractivity contribution in [3.63, 3.8) is 0 Å². The molecule has 3 aliphatic heterocycles. The average molecular weight is 626 g/mol. The summed E-state index contributed by atoms with van der Waals surface area (Å²) in [6.07, 6.45) is 1.32. The summed E-state index contributed by atoms with van der Waals surface area (Å²) in [7, 11) is 3.54. The first kappa shape index (κ1) is 28.5. The van der Waals surface area contributed by atoms with Crippen molar-refractivity contribution in [2.75, 3.05) is 37.7 Å². The van der Waals surface area contributed by atoms with Crippen molar-refractivity contribution in [2.24, 2.45) is 14.1 Å². The van der Waals surface area contributed by atoms with Crippen LogP contribution in [0.4, 0.5) is 23.4 Å². The first-order valence-electron chi connectivity index (χ1n) is 15.6. The normalized spacial score (nSPS) is 22.8. The number of aryl methyl sites for hydroxylation is 3. The quantitative estimate of drug-likeness (QED) is 0.252. The molecule has 238 valence electrons. The minimum absolute atomic E-state index is 0.0193. The van der Waals surface area contributed by atoms with E-state index in [9.17, 15) is 17.6 Å². The summed E-state index contributed by atoms with van der Waals surface area (Å²) in [6, 6.07) is 1.66. The maximum atomic E-state index is 14.7. The van der Waals surface area contributed by atoms with E-state index < -0.39 is 17.9 Å². The number of anilines is 1. The third-order valence-electron chi connectivity index (χ3n) is 10.1. The number of fused-ring (bicyclic) bond motifs is 5. The van der Waals surface area contributed by atoms with Crippen molar-refractivity contribution in [1.82, 2.24) is 39.4 Å². The topological polar surface area (TPSA) is 92.9 Å². The van der Waals surface area contributed by atoms with Gasteiger partial charge in [0.25, 0.3) is 0 Å². The van der Waals surface area contributed by atoms with E-state index in [4.69, 9.17) is 19.8 Å². The van der Waals surface area contributed by atoms with Gasteiger partial charge in [0.1, 0.15) is 24.3 Å². The average Bonchev–Trinajstić information content (AvgIpc) is 3.80. The maximum absolute atomic E-state index is 14.7. The molecule has 0 amide bonds. The van der Waals surface area contributed by atoms with Crippen LogP contribution >= 0.6 is 0 Å². The Morgan fingerprint density at radius 3 is 2.64 bits per heavy atom. The van der Waals surface area contributed by atoms with Crippen LogP contribution < -0.4 is 9.64 Å². The molecule has 14 heteroatoms. The molecule has 3 aliphatic rings. The fourth-order valence-corrected chi connectivity index (χ4v) is 8.14. The molecule has 0 unspecified atom stereocenters. The van der Waals surface area contributed by atoms with Crippen LogP contribution in [0.1, 0.15) is 49.7 Å². The highest BCUT2D eigenvalue weighted by Crippen LogP contribution is 2.47. The molecule has 3 fully saturated rings. The van der Waals surface area contributed by atoms with Crippen LogP contribution in [-0.2, 0) is 20.3 Å². The van der Waals surface area contributed by atoms with Gasteiger partial charge in [-0.25, -0.2) is 4.39 Å². The SMILES string of the molecule is Cc1cc2[nH]ncc2c(-c2nn(C)c3c4c(N5CCCCC5)nc(OC[C@@]56CCCN5C[C@H](F)C6)nc4n(C)c23)c1C(F)(F)F. The van der Waals surface area contributed by atoms with E-state index in [1.165, 1.54) is 19.2 Å². The smallest absolute Gasteiger partial charge is 0.417 e. The Morgan fingerprint density at radius 1 is 1.07 bits per heavy atom. The molecule has 1 aromatic carbocycles. The fourth-order valence-electron chi connectivity index (χ4n) is 8.14. The molecule has 0 aliphatic carbocycles. The Balaban J connectivity index is 1.34. The number of hydrogen-bond acceptors (Lipinski definition) is 7. The van der Waals surface area contributed by atoms with E-state index in [0.29, 0.717) is 46.4 Å². The van der Waals surface area contributed by atoms with Gasteiger partial charge < -0.3 is 14.2 Å². The van der Waals surface area contributed by atoms with Gasteiger partial charge in [0.05, 0.1) is 39.2 Å². The van der Waals surface area contributed by atoms with Gasteiger partial charge >= 0.3 is 12.2 Å². The highest BCUT2D eigenvalue weighted by molar-refractivity contribution is 6.15. The zero-order valence-electron chi connectivity index (χ0n) is 25.5. The molecule has 0 bridgehead atoms. The number of aromatic amines is 1. The van der Waals surface area contributed by atoms with Crippen LogP contribution in [0.2, 0.25) is 0 Å². The molecule has 2 atom stereocenters. The lowest BCUT2D eigenvalue weighted by Gasteiger charge is -2.31. The van der Waals surface area contributed by atoms with E-state index >= 15 is 0 Å². The Morgan fingerprint density at radius 2 is 1.87 bits per heavy atom. The molecular weight excluding hydrogens is 590 g/mol. The van der Waals surface area contributed by atoms with Crippen molar-refractivity contribution in [3.8, 4) is 17.3 Å². The summed E-state index contributed by atoms with van der Waals surface area (Å²) in [5.41, 5.74) is 1.37. The number of halogens is 4. The van der Waals surface area contributed by atoms with Crippen molar-refractivity contribution >= 4 is 38.8 Å². The monoisotopic (exact) mass is 625 g/mol. The van der Waals surface area contributed by atoms with Crippen LogP contribution in [0.15, 0.2) is 12.3 Å². The summed E-state index contributed by atoms with van der Waals surface area (Å²) in [4.78, 5) is 14.2. The number of nitrogens with zero attached hydrogens (tertiary/aromatic N) is 8. The molecule has 8 rings (SSSR count). The number of hydrogen-bond donors (Lipinski definition) is 1. The van der Waals surface area contributed by atoms with E-state index in [0.717, 1.165) is 57.1 Å². The zero-order valence-corrected chi connectivity index (χ0v) is 25.5. The van der Waals surface area contributed by atoms with E-state index in [1.807, 2.05) is 0 Å². The molecule has 1 N–H and O–H groups in total. The number of piperidine rings is 1. The molecule has 7 heterocycles. The molecule has 10 nitrogen and oxygen atoms in total. The van der Waals surface area contributed by atoms with Gasteiger partial charge in [0.2, 0.25) is 0 Å². The summed E-state index contributed by atoms with van der Waals surface area (Å²) >= 11 is 0. The molecular formula is C31H35F4N9O. The Kier molecular flexibility index (Phi) is 6.36. The van der Waals surface area contributed by atoms with Crippen molar-refractivity contribution < 1.29 is 22.3 Å². The second kappa shape index (κ2) is 10.0. The van der Waals surface area contributed by atoms with Gasteiger partial charge in [-0.2, -0.15) is 33.3 Å². The number of nitrogens with one attached hydrogen (secondary N) is 1. The third-order valence-corrected chi connectivity index (χ3v) is 10.1. The Hall–Kier alpha value is -3.94. The van der Waals surface area contributed by atoms with Crippen LogP contribution in [0.3, 0.4) is 0 Å². The van der Waals surface area contributed by atoms with Crippen molar-refractivity contribution in [1.29, 1.82) is 0 Å². The minimum Gasteiger partial charge on any atom is -0.461 e. The van der Waals surface area contributed by atoms with E-state index in [-0.39, 0.29) is 35.0 Å². The molecule has 0 saturated carbocycles. The first-order valence-corrected chi connectivity index (χ1v) is 15.6. The van der Waals surface area contributed by atoms with E-state index in [1.54, 1.807) is 23.3 Å². The van der Waals surface area contributed by atoms with Gasteiger partial charge in [-0.3, -0.25) is 14.7 Å². The molecule has 4 aromatic heterocycles. The first-order chi connectivity index (χ1) is 21.6. The van der Waals surface area contributed by atoms with Crippen LogP contribution in [-0.4, -0.2) is 83.9 Å². The standard InChI is InChI=1S/C31H35F4N9O/c1-17-12-20-19(14-36-39-20)21(23(17)31(33,34)35)24-26-25(42(3)40-24)22-27(41(26)2)37-29(38-28(22)43-9-5-4-6-10-43)45-16-30-8-7-11-44(30)15-18(32)13-30/h12,14,18H,4-11,13,15-16H2,1-3H3,(H,36,39)/t18-,30+/m1/s1. The third kappa shape index (κ3) is 4.31. The van der Waals surface area contributed by atoms with Crippen LogP contribution in [0.5, 0.6) is 6.01 Å². The zero-order chi connectivity index (χ0) is 31.2. The van der Waals surface area contributed by atoms with Gasteiger partial charge in [0.15, 0.2) is 5.65 Å². The lowest BCUT2D eigenvalue weighted by Crippen LogP contribution is -2.43. The number of ether oxygens (including phenoxy) is 1. The molecule has 5 aromatic rings. The van der Waals surface area contributed by atoms with Gasteiger partial charge in [-0.05, 0) is 57.2 Å². The predicted molar refractivity (Wildman–Crippen MR) is 162 cm³/mol. The Bertz CT molecular complexity index is 1950. The molecule has 45 heavy (non-hydrogen) atoms. The fraction of sp³-hybridized carbons (Fsp3) is 0.548. The minimum atomic E-state index is -4.62. The molecule has 0 spiro atoms. The summed E-state index contributed by atoms with van der Waals surface area (Å²) in [5, 5.41) is 12.7.